The fourth-order valence-corrected chi connectivity index (χ4v) is 1.80. The van der Waals surface area contributed by atoms with E-state index in [4.69, 9.17) is 0 Å². The summed E-state index contributed by atoms with van der Waals surface area (Å²) >= 11 is 0. The lowest BCUT2D eigenvalue weighted by molar-refractivity contribution is -0.121. The summed E-state index contributed by atoms with van der Waals surface area (Å²) in [5, 5.41) is 2.89. The molecule has 0 aliphatic carbocycles. The van der Waals surface area contributed by atoms with Crippen LogP contribution in [0.4, 0.5) is 4.39 Å². The molecule has 3 heteroatoms. The van der Waals surface area contributed by atoms with E-state index in [9.17, 15) is 9.18 Å². The molecule has 0 radical (unpaired) electrons. The van der Waals surface area contributed by atoms with Gasteiger partial charge in [0.15, 0.2) is 0 Å². The molecule has 1 amide bonds. The Morgan fingerprint density at radius 1 is 1.22 bits per heavy atom. The molecule has 2 nitrogen and oxygen atoms in total. The Morgan fingerprint density at radius 2 is 2.00 bits per heavy atom. The summed E-state index contributed by atoms with van der Waals surface area (Å²) in [6.45, 7) is 2.76. The van der Waals surface area contributed by atoms with Gasteiger partial charge in [-0.2, -0.15) is 0 Å². The lowest BCUT2D eigenvalue weighted by atomic mass is 10.1. The highest BCUT2D eigenvalue weighted by atomic mass is 19.1. The van der Waals surface area contributed by atoms with Gasteiger partial charge < -0.3 is 5.32 Å². The standard InChI is InChI=1S/C15H22FNO/c1-2-3-11-15(18)17-12-7-6-9-13-8-4-5-10-14(13)16/h4-5,8,10H,2-3,6-7,9,11-12H2,1H3,(H,17,18). The van der Waals surface area contributed by atoms with Gasteiger partial charge >= 0.3 is 0 Å². The van der Waals surface area contributed by atoms with E-state index < -0.39 is 0 Å². The molecule has 0 fully saturated rings. The molecule has 0 bridgehead atoms. The first-order valence-electron chi connectivity index (χ1n) is 6.74. The Hall–Kier alpha value is -1.38. The number of benzene rings is 1. The largest absolute Gasteiger partial charge is 0.356 e. The summed E-state index contributed by atoms with van der Waals surface area (Å²) in [4.78, 5) is 11.3. The minimum absolute atomic E-state index is 0.128. The molecule has 0 saturated carbocycles. The normalized spacial score (nSPS) is 10.3. The first kappa shape index (κ1) is 14.7. The first-order chi connectivity index (χ1) is 8.74. The maximum Gasteiger partial charge on any atom is 0.219 e. The summed E-state index contributed by atoms with van der Waals surface area (Å²) in [5.74, 6) is -0.00720. The highest BCUT2D eigenvalue weighted by Gasteiger charge is 2.01. The van der Waals surface area contributed by atoms with Crippen LogP contribution in [0.2, 0.25) is 0 Å². The van der Waals surface area contributed by atoms with Crippen molar-refractivity contribution in [2.45, 2.75) is 45.4 Å². The van der Waals surface area contributed by atoms with E-state index in [2.05, 4.69) is 12.2 Å². The number of rotatable bonds is 8. The Kier molecular flexibility index (Phi) is 7.07. The molecule has 1 aromatic carbocycles. The van der Waals surface area contributed by atoms with Gasteiger partial charge in [-0.1, -0.05) is 31.5 Å². The predicted octanol–water partition coefficient (Wildman–Crippen LogP) is 3.45. The maximum atomic E-state index is 13.3. The van der Waals surface area contributed by atoms with Crippen LogP contribution in [0.25, 0.3) is 0 Å². The van der Waals surface area contributed by atoms with Crippen molar-refractivity contribution in [2.24, 2.45) is 0 Å². The number of amides is 1. The topological polar surface area (TPSA) is 29.1 Å². The summed E-state index contributed by atoms with van der Waals surface area (Å²) in [7, 11) is 0. The lowest BCUT2D eigenvalue weighted by Crippen LogP contribution is -2.24. The van der Waals surface area contributed by atoms with Crippen molar-refractivity contribution >= 4 is 5.91 Å². The highest BCUT2D eigenvalue weighted by Crippen LogP contribution is 2.09. The van der Waals surface area contributed by atoms with Crippen molar-refractivity contribution in [1.29, 1.82) is 0 Å². The van der Waals surface area contributed by atoms with Crippen molar-refractivity contribution in [3.8, 4) is 0 Å². The average molecular weight is 251 g/mol. The fourth-order valence-electron chi connectivity index (χ4n) is 1.80. The zero-order valence-electron chi connectivity index (χ0n) is 11.0. The Bertz CT molecular complexity index is 365. The third-order valence-electron chi connectivity index (χ3n) is 2.91. The number of halogens is 1. The number of hydrogen-bond donors (Lipinski definition) is 1. The van der Waals surface area contributed by atoms with Gasteiger partial charge in [0.2, 0.25) is 5.91 Å². The van der Waals surface area contributed by atoms with Gasteiger partial charge in [-0.05, 0) is 37.3 Å². The van der Waals surface area contributed by atoms with E-state index in [-0.39, 0.29) is 11.7 Å². The third kappa shape index (κ3) is 5.80. The zero-order valence-corrected chi connectivity index (χ0v) is 11.0. The van der Waals surface area contributed by atoms with Gasteiger partial charge in [-0.3, -0.25) is 4.79 Å². The Morgan fingerprint density at radius 3 is 2.72 bits per heavy atom. The van der Waals surface area contributed by atoms with Gasteiger partial charge in [0.25, 0.3) is 0 Å². The van der Waals surface area contributed by atoms with E-state index in [1.807, 2.05) is 12.1 Å². The predicted molar refractivity (Wildman–Crippen MR) is 71.9 cm³/mol. The molecule has 0 aromatic heterocycles. The quantitative estimate of drug-likeness (QED) is 0.704. The second-order valence-corrected chi connectivity index (χ2v) is 4.50. The Labute approximate surface area is 109 Å². The van der Waals surface area contributed by atoms with Gasteiger partial charge in [-0.25, -0.2) is 4.39 Å². The van der Waals surface area contributed by atoms with Crippen LogP contribution in [0.15, 0.2) is 24.3 Å². The van der Waals surface area contributed by atoms with Gasteiger partial charge in [-0.15, -0.1) is 0 Å². The van der Waals surface area contributed by atoms with E-state index in [1.54, 1.807) is 6.07 Å². The van der Waals surface area contributed by atoms with Crippen molar-refractivity contribution in [3.63, 3.8) is 0 Å². The zero-order chi connectivity index (χ0) is 13.2. The number of unbranched alkanes of at least 4 members (excludes halogenated alkanes) is 2. The Balaban J connectivity index is 2.09. The molecule has 0 heterocycles. The monoisotopic (exact) mass is 251 g/mol. The summed E-state index contributed by atoms with van der Waals surface area (Å²) in [6, 6.07) is 6.86. The summed E-state index contributed by atoms with van der Waals surface area (Å²) in [5.41, 5.74) is 0.759. The van der Waals surface area contributed by atoms with Crippen LogP contribution < -0.4 is 5.32 Å². The molecule has 0 spiro atoms. The lowest BCUT2D eigenvalue weighted by Gasteiger charge is -2.05. The van der Waals surface area contributed by atoms with E-state index in [1.165, 1.54) is 6.07 Å². The van der Waals surface area contributed by atoms with Crippen LogP contribution in [0.3, 0.4) is 0 Å². The van der Waals surface area contributed by atoms with Crippen LogP contribution in [0, 0.1) is 5.82 Å². The number of carbonyl (C=O) groups is 1. The maximum absolute atomic E-state index is 13.3. The minimum Gasteiger partial charge on any atom is -0.356 e. The van der Waals surface area contributed by atoms with Gasteiger partial charge in [0.1, 0.15) is 5.82 Å². The first-order valence-corrected chi connectivity index (χ1v) is 6.74. The molecule has 18 heavy (non-hydrogen) atoms. The fraction of sp³-hybridized carbons (Fsp3) is 0.533. The van der Waals surface area contributed by atoms with Crippen molar-refractivity contribution in [2.75, 3.05) is 6.54 Å². The number of aryl methyl sites for hydroxylation is 1. The number of hydrogen-bond acceptors (Lipinski definition) is 1. The molecule has 100 valence electrons. The van der Waals surface area contributed by atoms with Gasteiger partial charge in [0.05, 0.1) is 0 Å². The van der Waals surface area contributed by atoms with Crippen molar-refractivity contribution < 1.29 is 9.18 Å². The molecular formula is C15H22FNO. The smallest absolute Gasteiger partial charge is 0.219 e. The second-order valence-electron chi connectivity index (χ2n) is 4.50. The minimum atomic E-state index is -0.135. The highest BCUT2D eigenvalue weighted by molar-refractivity contribution is 5.75. The number of carbonyl (C=O) groups excluding carboxylic acids is 1. The second kappa shape index (κ2) is 8.67. The van der Waals surface area contributed by atoms with Crippen LogP contribution in [-0.2, 0) is 11.2 Å². The van der Waals surface area contributed by atoms with E-state index in [0.717, 1.165) is 37.7 Å². The van der Waals surface area contributed by atoms with E-state index in [0.29, 0.717) is 13.0 Å². The van der Waals surface area contributed by atoms with Crippen LogP contribution in [-0.4, -0.2) is 12.5 Å². The van der Waals surface area contributed by atoms with Crippen LogP contribution in [0.5, 0.6) is 0 Å². The molecular weight excluding hydrogens is 229 g/mol. The third-order valence-corrected chi connectivity index (χ3v) is 2.91. The molecule has 0 atom stereocenters. The van der Waals surface area contributed by atoms with Crippen molar-refractivity contribution in [3.05, 3.63) is 35.6 Å². The SMILES string of the molecule is CCCCC(=O)NCCCCc1ccccc1F. The van der Waals surface area contributed by atoms with E-state index >= 15 is 0 Å². The molecule has 0 saturated heterocycles. The summed E-state index contributed by atoms with van der Waals surface area (Å²) in [6.07, 6.45) is 5.13. The molecule has 0 aliphatic heterocycles. The molecule has 1 aromatic rings. The van der Waals surface area contributed by atoms with Crippen LogP contribution >= 0.6 is 0 Å². The number of nitrogens with one attached hydrogen (secondary N) is 1. The molecule has 0 unspecified atom stereocenters. The van der Waals surface area contributed by atoms with Crippen molar-refractivity contribution in [1.82, 2.24) is 5.32 Å². The molecule has 0 aliphatic rings. The van der Waals surface area contributed by atoms with Crippen LogP contribution in [0.1, 0.15) is 44.6 Å². The summed E-state index contributed by atoms with van der Waals surface area (Å²) < 4.78 is 13.3. The average Bonchev–Trinajstić information content (AvgIpc) is 2.38. The van der Waals surface area contributed by atoms with Gasteiger partial charge in [0, 0.05) is 13.0 Å². The molecule has 1 N–H and O–H groups in total. The molecule has 1 rings (SSSR count).